The van der Waals surface area contributed by atoms with Crippen molar-refractivity contribution in [3.63, 3.8) is 0 Å². The number of β-amino-alcohol motifs (C(OH)–C–C–N with tert-alkyl or cyclic N) is 1. The Hall–Kier alpha value is -1.06. The van der Waals surface area contributed by atoms with Crippen molar-refractivity contribution in [2.24, 2.45) is 10.8 Å². The Kier molecular flexibility index (Phi) is 3.98. The summed E-state index contributed by atoms with van der Waals surface area (Å²) in [5, 5.41) is 10.7. The number of benzene rings is 1. The zero-order valence-corrected chi connectivity index (χ0v) is 14.3. The molecule has 2 fully saturated rings. The number of fused-ring (bicyclic) bond motifs is 2. The van der Waals surface area contributed by atoms with E-state index in [1.807, 2.05) is 24.3 Å². The van der Waals surface area contributed by atoms with Crippen molar-refractivity contribution in [1.29, 1.82) is 0 Å². The molecule has 3 atom stereocenters. The highest BCUT2D eigenvalue weighted by molar-refractivity contribution is 5.35. The molecule has 1 aliphatic carbocycles. The van der Waals surface area contributed by atoms with Crippen molar-refractivity contribution in [2.75, 3.05) is 20.2 Å². The van der Waals surface area contributed by atoms with Crippen molar-refractivity contribution in [3.8, 4) is 5.75 Å². The quantitative estimate of drug-likeness (QED) is 0.922. The predicted octanol–water partition coefficient (Wildman–Crippen LogP) is 3.63. The minimum absolute atomic E-state index is 0.410. The van der Waals surface area contributed by atoms with E-state index in [9.17, 15) is 5.11 Å². The van der Waals surface area contributed by atoms with Gasteiger partial charge in [-0.3, -0.25) is 4.90 Å². The normalized spacial score (nSPS) is 32.0. The molecular formula is C19H29NO2. The van der Waals surface area contributed by atoms with Crippen LogP contribution >= 0.6 is 0 Å². The molecule has 22 heavy (non-hydrogen) atoms. The zero-order chi connectivity index (χ0) is 16.0. The third-order valence-corrected chi connectivity index (χ3v) is 5.43. The lowest BCUT2D eigenvalue weighted by Gasteiger charge is -2.40. The number of rotatable bonds is 4. The van der Waals surface area contributed by atoms with Crippen LogP contribution in [0.4, 0.5) is 0 Å². The summed E-state index contributed by atoms with van der Waals surface area (Å²) in [4.78, 5) is 2.51. The van der Waals surface area contributed by atoms with Gasteiger partial charge in [-0.25, -0.2) is 0 Å². The first-order chi connectivity index (χ1) is 10.3. The molecule has 0 amide bonds. The van der Waals surface area contributed by atoms with Crippen LogP contribution in [-0.2, 0) is 0 Å². The van der Waals surface area contributed by atoms with Crippen LogP contribution < -0.4 is 4.74 Å². The topological polar surface area (TPSA) is 32.7 Å². The van der Waals surface area contributed by atoms with Gasteiger partial charge in [0.2, 0.25) is 0 Å². The van der Waals surface area contributed by atoms with Crippen LogP contribution in [0.25, 0.3) is 0 Å². The van der Waals surface area contributed by atoms with E-state index in [1.54, 1.807) is 7.11 Å². The first-order valence-corrected chi connectivity index (χ1v) is 8.37. The molecule has 1 saturated heterocycles. The second-order valence-electron chi connectivity index (χ2n) is 8.40. The second kappa shape index (κ2) is 5.54. The Morgan fingerprint density at radius 2 is 2.00 bits per heavy atom. The summed E-state index contributed by atoms with van der Waals surface area (Å²) in [5.41, 5.74) is 1.73. The fourth-order valence-electron chi connectivity index (χ4n) is 5.05. The summed E-state index contributed by atoms with van der Waals surface area (Å²) in [6.45, 7) is 9.00. The molecule has 1 heterocycles. The molecule has 2 aliphatic rings. The molecule has 122 valence electrons. The lowest BCUT2D eigenvalue weighted by molar-refractivity contribution is 0.0906. The molecule has 3 unspecified atom stereocenters. The van der Waals surface area contributed by atoms with Crippen molar-refractivity contribution in [2.45, 2.75) is 52.2 Å². The maximum Gasteiger partial charge on any atom is 0.124 e. The first-order valence-electron chi connectivity index (χ1n) is 8.37. The van der Waals surface area contributed by atoms with Crippen molar-refractivity contribution < 1.29 is 9.84 Å². The molecule has 1 saturated carbocycles. The number of hydrogen-bond donors (Lipinski definition) is 1. The van der Waals surface area contributed by atoms with Crippen LogP contribution in [0.3, 0.4) is 0 Å². The van der Waals surface area contributed by atoms with Gasteiger partial charge >= 0.3 is 0 Å². The highest BCUT2D eigenvalue weighted by Gasteiger charge is 2.49. The van der Waals surface area contributed by atoms with Crippen LogP contribution in [0.1, 0.15) is 51.7 Å². The Morgan fingerprint density at radius 1 is 1.27 bits per heavy atom. The fraction of sp³-hybridized carbons (Fsp3) is 0.684. The first kappa shape index (κ1) is 15.8. The molecule has 3 rings (SSSR count). The number of methoxy groups -OCH3 is 1. The van der Waals surface area contributed by atoms with E-state index in [4.69, 9.17) is 4.74 Å². The lowest BCUT2D eigenvalue weighted by Crippen LogP contribution is -2.36. The second-order valence-corrected chi connectivity index (χ2v) is 8.40. The van der Waals surface area contributed by atoms with Gasteiger partial charge in [0.25, 0.3) is 0 Å². The molecule has 1 N–H and O–H groups in total. The van der Waals surface area contributed by atoms with Gasteiger partial charge in [-0.2, -0.15) is 0 Å². The number of likely N-dealkylation sites (tertiary alicyclic amines) is 1. The van der Waals surface area contributed by atoms with Crippen LogP contribution in [0.5, 0.6) is 5.75 Å². The molecule has 1 aromatic rings. The monoisotopic (exact) mass is 303 g/mol. The smallest absolute Gasteiger partial charge is 0.124 e. The summed E-state index contributed by atoms with van der Waals surface area (Å²) in [7, 11) is 1.66. The molecular weight excluding hydrogens is 274 g/mol. The summed E-state index contributed by atoms with van der Waals surface area (Å²) in [5.74, 6) is 0.781. The Bertz CT molecular complexity index is 542. The number of nitrogens with zero attached hydrogens (tertiary/aromatic N) is 1. The van der Waals surface area contributed by atoms with E-state index in [0.29, 0.717) is 23.4 Å². The molecule has 1 aromatic carbocycles. The van der Waals surface area contributed by atoms with E-state index in [-0.39, 0.29) is 0 Å². The van der Waals surface area contributed by atoms with Gasteiger partial charge < -0.3 is 9.84 Å². The van der Waals surface area contributed by atoms with Crippen molar-refractivity contribution in [1.82, 2.24) is 4.90 Å². The third kappa shape index (κ3) is 3.02. The maximum atomic E-state index is 10.7. The largest absolute Gasteiger partial charge is 0.496 e. The number of aliphatic hydroxyl groups excluding tert-OH is 1. The van der Waals surface area contributed by atoms with E-state index >= 15 is 0 Å². The van der Waals surface area contributed by atoms with Gasteiger partial charge in [-0.15, -0.1) is 0 Å². The average Bonchev–Trinajstić information content (AvgIpc) is 2.67. The molecule has 3 nitrogen and oxygen atoms in total. The van der Waals surface area contributed by atoms with Crippen LogP contribution in [0.2, 0.25) is 0 Å². The minimum atomic E-state index is -0.484. The van der Waals surface area contributed by atoms with E-state index in [0.717, 1.165) is 17.9 Å². The Balaban J connectivity index is 1.74. The third-order valence-electron chi connectivity index (χ3n) is 5.43. The highest BCUT2D eigenvalue weighted by Crippen LogP contribution is 2.52. The molecule has 0 spiro atoms. The van der Waals surface area contributed by atoms with Crippen LogP contribution in [-0.4, -0.2) is 36.2 Å². The molecule has 1 aliphatic heterocycles. The standard InChI is InChI=1S/C19H29NO2/c1-18(2)9-14-10-19(3,12-18)13-20(14)11-16(21)15-7-5-6-8-17(15)22-4/h5-8,14,16,21H,9-13H2,1-4H3. The highest BCUT2D eigenvalue weighted by atomic mass is 16.5. The zero-order valence-electron chi connectivity index (χ0n) is 14.3. The molecule has 0 radical (unpaired) electrons. The van der Waals surface area contributed by atoms with Crippen molar-refractivity contribution in [3.05, 3.63) is 29.8 Å². The van der Waals surface area contributed by atoms with Crippen LogP contribution in [0.15, 0.2) is 24.3 Å². The average molecular weight is 303 g/mol. The fourth-order valence-corrected chi connectivity index (χ4v) is 5.05. The van der Waals surface area contributed by atoms with Gasteiger partial charge in [-0.1, -0.05) is 39.0 Å². The minimum Gasteiger partial charge on any atom is -0.496 e. The van der Waals surface area contributed by atoms with Crippen LogP contribution in [0, 0.1) is 10.8 Å². The predicted molar refractivity (Wildman–Crippen MR) is 89.1 cm³/mol. The van der Waals surface area contributed by atoms with Gasteiger partial charge in [0, 0.05) is 24.7 Å². The van der Waals surface area contributed by atoms with Gasteiger partial charge in [0.05, 0.1) is 13.2 Å². The number of ether oxygens (including phenoxy) is 1. The summed E-state index contributed by atoms with van der Waals surface area (Å²) in [6, 6.07) is 8.41. The molecule has 0 aromatic heterocycles. The van der Waals surface area contributed by atoms with E-state index < -0.39 is 6.10 Å². The van der Waals surface area contributed by atoms with Crippen molar-refractivity contribution >= 4 is 0 Å². The number of para-hydroxylation sites is 1. The number of aliphatic hydroxyl groups is 1. The summed E-state index contributed by atoms with van der Waals surface area (Å²) in [6.07, 6.45) is 3.32. The molecule has 2 bridgehead atoms. The van der Waals surface area contributed by atoms with Gasteiger partial charge in [0.1, 0.15) is 5.75 Å². The van der Waals surface area contributed by atoms with Gasteiger partial charge in [0.15, 0.2) is 0 Å². The Labute approximate surface area is 134 Å². The summed E-state index contributed by atoms with van der Waals surface area (Å²) >= 11 is 0. The Morgan fingerprint density at radius 3 is 2.73 bits per heavy atom. The van der Waals surface area contributed by atoms with Gasteiger partial charge in [-0.05, 0) is 36.2 Å². The summed E-state index contributed by atoms with van der Waals surface area (Å²) < 4.78 is 5.39. The number of hydrogen-bond acceptors (Lipinski definition) is 3. The molecule has 3 heteroatoms. The maximum absolute atomic E-state index is 10.7. The van der Waals surface area contributed by atoms with E-state index in [1.165, 1.54) is 19.3 Å². The SMILES string of the molecule is COc1ccccc1C(O)CN1CC2(C)CC1CC(C)(C)C2. The lowest BCUT2D eigenvalue weighted by atomic mass is 9.65. The van der Waals surface area contributed by atoms with E-state index in [2.05, 4.69) is 25.7 Å².